The third kappa shape index (κ3) is 1.37. The summed E-state index contributed by atoms with van der Waals surface area (Å²) in [4.78, 5) is 0. The van der Waals surface area contributed by atoms with Crippen LogP contribution in [0.5, 0.6) is 0 Å². The molecule has 0 aromatic rings. The molecule has 1 aliphatic carbocycles. The van der Waals surface area contributed by atoms with Gasteiger partial charge in [0.25, 0.3) is 0 Å². The van der Waals surface area contributed by atoms with Crippen molar-refractivity contribution in [3.8, 4) is 0 Å². The Bertz CT molecular complexity index is 147. The Morgan fingerprint density at radius 1 is 1.00 bits per heavy atom. The molecule has 0 radical (unpaired) electrons. The summed E-state index contributed by atoms with van der Waals surface area (Å²) in [5, 5.41) is 18.8. The molecular weight excluding hydrogens is 140 g/mol. The molecule has 1 saturated carbocycles. The van der Waals surface area contributed by atoms with Gasteiger partial charge in [-0.3, -0.25) is 0 Å². The second-order valence-electron chi connectivity index (χ2n) is 3.02. The van der Waals surface area contributed by atoms with Crippen LogP contribution >= 0.6 is 0 Å². The number of hydrogen-bond donors (Lipinski definition) is 2. The van der Waals surface area contributed by atoms with E-state index in [4.69, 9.17) is 0 Å². The highest BCUT2D eigenvalue weighted by atomic mass is 16.3. The van der Waals surface area contributed by atoms with Crippen LogP contribution < -0.4 is 0 Å². The summed E-state index contributed by atoms with van der Waals surface area (Å²) < 4.78 is 0. The van der Waals surface area contributed by atoms with E-state index in [2.05, 4.69) is 13.2 Å². The highest BCUT2D eigenvalue weighted by Gasteiger charge is 2.37. The first-order valence-corrected chi connectivity index (χ1v) is 3.82. The molecule has 0 saturated heterocycles. The average Bonchev–Trinajstić information content (AvgIpc) is 2.30. The van der Waals surface area contributed by atoms with Crippen LogP contribution in [0, 0.1) is 11.8 Å². The van der Waals surface area contributed by atoms with Crippen LogP contribution in [0.1, 0.15) is 6.42 Å². The van der Waals surface area contributed by atoms with Crippen LogP contribution in [-0.4, -0.2) is 22.4 Å². The molecule has 11 heavy (non-hydrogen) atoms. The van der Waals surface area contributed by atoms with E-state index >= 15 is 0 Å². The number of aliphatic hydroxyl groups is 2. The Balaban J connectivity index is 2.67. The summed E-state index contributed by atoms with van der Waals surface area (Å²) in [5.41, 5.74) is 0. The first-order valence-electron chi connectivity index (χ1n) is 3.82. The lowest BCUT2D eigenvalue weighted by atomic mass is 10.0. The molecule has 0 aromatic carbocycles. The highest BCUT2D eigenvalue weighted by Crippen LogP contribution is 2.32. The van der Waals surface area contributed by atoms with E-state index < -0.39 is 12.2 Å². The zero-order chi connectivity index (χ0) is 8.43. The third-order valence-corrected chi connectivity index (χ3v) is 2.38. The molecule has 1 aliphatic rings. The minimum atomic E-state index is -0.657. The number of hydrogen-bond acceptors (Lipinski definition) is 2. The standard InChI is InChI=1S/C9H14O2/c1-3-6-5-7(4-2)9(11)8(6)10/h3-4,6-11H,1-2,5H2. The molecular formula is C9H14O2. The monoisotopic (exact) mass is 154 g/mol. The van der Waals surface area contributed by atoms with Crippen molar-refractivity contribution in [3.05, 3.63) is 25.3 Å². The Labute approximate surface area is 66.9 Å². The maximum Gasteiger partial charge on any atom is 0.0867 e. The Morgan fingerprint density at radius 2 is 1.36 bits per heavy atom. The van der Waals surface area contributed by atoms with E-state index in [9.17, 15) is 10.2 Å². The fourth-order valence-corrected chi connectivity index (χ4v) is 1.57. The van der Waals surface area contributed by atoms with Crippen LogP contribution in [-0.2, 0) is 0 Å². The molecule has 4 atom stereocenters. The van der Waals surface area contributed by atoms with E-state index in [0.717, 1.165) is 6.42 Å². The van der Waals surface area contributed by atoms with Gasteiger partial charge in [0.1, 0.15) is 0 Å². The van der Waals surface area contributed by atoms with Crippen molar-refractivity contribution < 1.29 is 10.2 Å². The quantitative estimate of drug-likeness (QED) is 0.575. The molecule has 0 aromatic heterocycles. The van der Waals surface area contributed by atoms with Gasteiger partial charge in [-0.25, -0.2) is 0 Å². The summed E-state index contributed by atoms with van der Waals surface area (Å²) in [7, 11) is 0. The molecule has 2 nitrogen and oxygen atoms in total. The van der Waals surface area contributed by atoms with E-state index in [1.165, 1.54) is 0 Å². The minimum Gasteiger partial charge on any atom is -0.390 e. The summed E-state index contributed by atoms with van der Waals surface area (Å²) in [6, 6.07) is 0. The molecule has 1 rings (SSSR count). The van der Waals surface area contributed by atoms with E-state index in [1.54, 1.807) is 12.2 Å². The molecule has 0 aliphatic heterocycles. The zero-order valence-corrected chi connectivity index (χ0v) is 6.48. The molecule has 1 fully saturated rings. The summed E-state index contributed by atoms with van der Waals surface area (Å²) in [6.45, 7) is 7.18. The van der Waals surface area contributed by atoms with Crippen molar-refractivity contribution in [2.75, 3.05) is 0 Å². The fourth-order valence-electron chi connectivity index (χ4n) is 1.57. The first-order chi connectivity index (χ1) is 5.20. The number of aliphatic hydroxyl groups excluding tert-OH is 2. The zero-order valence-electron chi connectivity index (χ0n) is 6.48. The molecule has 0 heterocycles. The van der Waals surface area contributed by atoms with Gasteiger partial charge in [-0.15, -0.1) is 13.2 Å². The second-order valence-corrected chi connectivity index (χ2v) is 3.02. The Morgan fingerprint density at radius 3 is 1.55 bits per heavy atom. The van der Waals surface area contributed by atoms with Gasteiger partial charge in [-0.2, -0.15) is 0 Å². The predicted molar refractivity (Wildman–Crippen MR) is 44.0 cm³/mol. The third-order valence-electron chi connectivity index (χ3n) is 2.38. The van der Waals surface area contributed by atoms with Crippen LogP contribution in [0.15, 0.2) is 25.3 Å². The average molecular weight is 154 g/mol. The lowest BCUT2D eigenvalue weighted by Gasteiger charge is -2.12. The van der Waals surface area contributed by atoms with E-state index in [0.29, 0.717) is 0 Å². The van der Waals surface area contributed by atoms with Crippen LogP contribution in [0.25, 0.3) is 0 Å². The summed E-state index contributed by atoms with van der Waals surface area (Å²) in [6.07, 6.45) is 2.83. The van der Waals surface area contributed by atoms with Gasteiger partial charge in [-0.05, 0) is 6.42 Å². The van der Waals surface area contributed by atoms with Crippen molar-refractivity contribution in [2.24, 2.45) is 11.8 Å². The lowest BCUT2D eigenvalue weighted by molar-refractivity contribution is 0.0185. The second kappa shape index (κ2) is 3.20. The molecule has 0 spiro atoms. The Hall–Kier alpha value is -0.600. The van der Waals surface area contributed by atoms with Crippen LogP contribution in [0.2, 0.25) is 0 Å². The SMILES string of the molecule is C=CC1CC(C=C)C(O)C1O. The van der Waals surface area contributed by atoms with E-state index in [-0.39, 0.29) is 11.8 Å². The molecule has 62 valence electrons. The number of rotatable bonds is 2. The van der Waals surface area contributed by atoms with Crippen molar-refractivity contribution in [2.45, 2.75) is 18.6 Å². The van der Waals surface area contributed by atoms with E-state index in [1.807, 2.05) is 0 Å². The van der Waals surface area contributed by atoms with Crippen molar-refractivity contribution in [1.82, 2.24) is 0 Å². The van der Waals surface area contributed by atoms with Gasteiger partial charge in [0.05, 0.1) is 12.2 Å². The first kappa shape index (κ1) is 8.50. The van der Waals surface area contributed by atoms with Gasteiger partial charge >= 0.3 is 0 Å². The van der Waals surface area contributed by atoms with Gasteiger partial charge < -0.3 is 10.2 Å². The van der Waals surface area contributed by atoms with Gasteiger partial charge in [0.2, 0.25) is 0 Å². The topological polar surface area (TPSA) is 40.5 Å². The lowest BCUT2D eigenvalue weighted by Crippen LogP contribution is -2.26. The summed E-state index contributed by atoms with van der Waals surface area (Å²) >= 11 is 0. The highest BCUT2D eigenvalue weighted by molar-refractivity contribution is 5.03. The van der Waals surface area contributed by atoms with Gasteiger partial charge in [-0.1, -0.05) is 12.2 Å². The van der Waals surface area contributed by atoms with Gasteiger partial charge in [0.15, 0.2) is 0 Å². The fraction of sp³-hybridized carbons (Fsp3) is 0.556. The maximum atomic E-state index is 9.39. The molecule has 4 unspecified atom stereocenters. The Kier molecular flexibility index (Phi) is 2.47. The van der Waals surface area contributed by atoms with Crippen molar-refractivity contribution in [3.63, 3.8) is 0 Å². The maximum absolute atomic E-state index is 9.39. The molecule has 2 N–H and O–H groups in total. The predicted octanol–water partition coefficient (Wildman–Crippen LogP) is 0.716. The van der Waals surface area contributed by atoms with Crippen LogP contribution in [0.3, 0.4) is 0 Å². The molecule has 0 amide bonds. The minimum absolute atomic E-state index is 0.0213. The largest absolute Gasteiger partial charge is 0.390 e. The van der Waals surface area contributed by atoms with Crippen molar-refractivity contribution >= 4 is 0 Å². The summed E-state index contributed by atoms with van der Waals surface area (Å²) in [5.74, 6) is 0.0426. The smallest absolute Gasteiger partial charge is 0.0867 e. The normalized spacial score (nSPS) is 43.8. The van der Waals surface area contributed by atoms with Crippen molar-refractivity contribution in [1.29, 1.82) is 0 Å². The van der Waals surface area contributed by atoms with Gasteiger partial charge in [0, 0.05) is 11.8 Å². The van der Waals surface area contributed by atoms with Crippen LogP contribution in [0.4, 0.5) is 0 Å². The molecule has 2 heteroatoms. The molecule has 0 bridgehead atoms.